The Hall–Kier alpha value is -2.23. The zero-order valence-corrected chi connectivity index (χ0v) is 18.2. The van der Waals surface area contributed by atoms with Crippen LogP contribution in [0.5, 0.6) is 0 Å². The number of hydrogen-bond acceptors (Lipinski definition) is 6. The Bertz CT molecular complexity index is 1010. The second kappa shape index (κ2) is 8.64. The first-order valence-electron chi connectivity index (χ1n) is 9.25. The number of carbonyl (C=O) groups excluding carboxylic acids is 2. The molecule has 9 heteroatoms. The third-order valence-corrected chi connectivity index (χ3v) is 7.51. The van der Waals surface area contributed by atoms with Crippen molar-refractivity contribution in [3.8, 4) is 0 Å². The Morgan fingerprint density at radius 1 is 1.17 bits per heavy atom. The minimum atomic E-state index is -3.64. The Morgan fingerprint density at radius 3 is 2.45 bits per heavy atom. The number of methoxy groups -OCH3 is 1. The number of carbonyl (C=O) groups is 2. The molecule has 0 saturated heterocycles. The third-order valence-electron chi connectivity index (χ3n) is 5.05. The molecule has 29 heavy (non-hydrogen) atoms. The van der Waals surface area contributed by atoms with Crippen LogP contribution in [-0.2, 0) is 32.4 Å². The highest BCUT2D eigenvalue weighted by molar-refractivity contribution is 7.88. The molecule has 1 aromatic heterocycles. The van der Waals surface area contributed by atoms with Crippen LogP contribution in [0.25, 0.3) is 0 Å². The zero-order valence-electron chi connectivity index (χ0n) is 16.6. The fraction of sp³-hybridized carbons (Fsp3) is 0.400. The summed E-state index contributed by atoms with van der Waals surface area (Å²) in [6, 6.07) is 7.63. The van der Waals surface area contributed by atoms with E-state index in [-0.39, 0.29) is 0 Å². The van der Waals surface area contributed by atoms with Crippen LogP contribution in [0.15, 0.2) is 30.3 Å². The van der Waals surface area contributed by atoms with E-state index in [1.165, 1.54) is 25.5 Å². The van der Waals surface area contributed by atoms with Crippen molar-refractivity contribution in [3.05, 3.63) is 51.9 Å². The molecular weight excluding hydrogens is 412 g/mol. The SMILES string of the molecule is COC(=O)c1c(NC(=O)[C@@H](c2ccccc2)N(C)S(C)(=O)=O)sc2c1CCCC2. The van der Waals surface area contributed by atoms with Crippen molar-refractivity contribution in [2.24, 2.45) is 0 Å². The smallest absolute Gasteiger partial charge is 0.341 e. The highest BCUT2D eigenvalue weighted by Gasteiger charge is 2.33. The number of esters is 1. The number of likely N-dealkylation sites (N-methyl/N-ethyl adjacent to an activating group) is 1. The molecule has 1 N–H and O–H groups in total. The van der Waals surface area contributed by atoms with Gasteiger partial charge in [0.1, 0.15) is 11.0 Å². The summed E-state index contributed by atoms with van der Waals surface area (Å²) in [7, 11) is -0.958. The van der Waals surface area contributed by atoms with Crippen LogP contribution in [0.3, 0.4) is 0 Å². The molecule has 1 amide bonds. The van der Waals surface area contributed by atoms with Crippen LogP contribution < -0.4 is 5.32 Å². The van der Waals surface area contributed by atoms with Crippen molar-refractivity contribution in [2.75, 3.05) is 25.7 Å². The van der Waals surface area contributed by atoms with Crippen LogP contribution in [0.1, 0.15) is 45.2 Å². The second-order valence-electron chi connectivity index (χ2n) is 6.99. The summed E-state index contributed by atoms with van der Waals surface area (Å²) < 4.78 is 30.3. The van der Waals surface area contributed by atoms with Crippen LogP contribution in [-0.4, -0.2) is 45.0 Å². The van der Waals surface area contributed by atoms with Crippen molar-refractivity contribution in [3.63, 3.8) is 0 Å². The molecule has 1 atom stereocenters. The lowest BCUT2D eigenvalue weighted by atomic mass is 9.95. The number of fused-ring (bicyclic) bond motifs is 1. The molecule has 0 spiro atoms. The van der Waals surface area contributed by atoms with Crippen LogP contribution >= 0.6 is 11.3 Å². The predicted molar refractivity (Wildman–Crippen MR) is 113 cm³/mol. The summed E-state index contributed by atoms with van der Waals surface area (Å²) in [6.07, 6.45) is 4.68. The number of amides is 1. The van der Waals surface area contributed by atoms with Gasteiger partial charge in [0.05, 0.1) is 18.9 Å². The number of thiophene rings is 1. The summed E-state index contributed by atoms with van der Waals surface area (Å²) in [6.45, 7) is 0. The highest BCUT2D eigenvalue weighted by atomic mass is 32.2. The summed E-state index contributed by atoms with van der Waals surface area (Å²) in [5, 5.41) is 3.22. The summed E-state index contributed by atoms with van der Waals surface area (Å²) >= 11 is 1.37. The Morgan fingerprint density at radius 2 is 1.83 bits per heavy atom. The summed E-state index contributed by atoms with van der Waals surface area (Å²) in [5.74, 6) is -1.01. The zero-order chi connectivity index (χ0) is 21.2. The topological polar surface area (TPSA) is 92.8 Å². The third kappa shape index (κ3) is 4.52. The molecule has 156 valence electrons. The Balaban J connectivity index is 2.00. The Labute approximate surface area is 174 Å². The number of hydrogen-bond donors (Lipinski definition) is 1. The molecule has 0 aliphatic heterocycles. The minimum absolute atomic E-state index is 0.384. The monoisotopic (exact) mass is 436 g/mol. The number of anilines is 1. The minimum Gasteiger partial charge on any atom is -0.465 e. The first kappa shape index (κ1) is 21.5. The molecule has 1 heterocycles. The van der Waals surface area contributed by atoms with Crippen molar-refractivity contribution < 1.29 is 22.7 Å². The maximum absolute atomic E-state index is 13.2. The van der Waals surface area contributed by atoms with Gasteiger partial charge in [-0.1, -0.05) is 30.3 Å². The number of sulfonamides is 1. The lowest BCUT2D eigenvalue weighted by Gasteiger charge is -2.25. The first-order valence-corrected chi connectivity index (χ1v) is 11.9. The standard InChI is InChI=1S/C20H24N2O5S2/c1-22(29(3,25)26)17(13-9-5-4-6-10-13)18(23)21-19-16(20(24)27-2)14-11-7-8-12-15(14)28-19/h4-6,9-10,17H,7-8,11-12H2,1-3H3,(H,21,23)/t17-/m1/s1. The van der Waals surface area contributed by atoms with Crippen LogP contribution in [0.2, 0.25) is 0 Å². The van der Waals surface area contributed by atoms with E-state index >= 15 is 0 Å². The average Bonchev–Trinajstić information content (AvgIpc) is 3.05. The maximum Gasteiger partial charge on any atom is 0.341 e. The lowest BCUT2D eigenvalue weighted by molar-refractivity contribution is -0.119. The molecule has 0 radical (unpaired) electrons. The van der Waals surface area contributed by atoms with Gasteiger partial charge in [-0.2, -0.15) is 4.31 Å². The van der Waals surface area contributed by atoms with Gasteiger partial charge in [0.15, 0.2) is 0 Å². The number of rotatable bonds is 6. The molecule has 3 rings (SSSR count). The van der Waals surface area contributed by atoms with Crippen LogP contribution in [0, 0.1) is 0 Å². The van der Waals surface area contributed by atoms with E-state index in [9.17, 15) is 18.0 Å². The van der Waals surface area contributed by atoms with E-state index in [0.717, 1.165) is 46.7 Å². The average molecular weight is 437 g/mol. The molecule has 0 saturated carbocycles. The summed E-state index contributed by atoms with van der Waals surface area (Å²) in [4.78, 5) is 26.7. The highest BCUT2D eigenvalue weighted by Crippen LogP contribution is 2.39. The molecule has 1 aliphatic rings. The molecule has 1 aliphatic carbocycles. The maximum atomic E-state index is 13.2. The first-order chi connectivity index (χ1) is 13.7. The number of benzene rings is 1. The van der Waals surface area contributed by atoms with Gasteiger partial charge in [-0.3, -0.25) is 4.79 Å². The van der Waals surface area contributed by atoms with Crippen molar-refractivity contribution in [1.82, 2.24) is 4.31 Å². The fourth-order valence-corrected chi connectivity index (χ4v) is 5.39. The van der Waals surface area contributed by atoms with Gasteiger partial charge in [-0.05, 0) is 36.8 Å². The number of aryl methyl sites for hydroxylation is 1. The van der Waals surface area contributed by atoms with Gasteiger partial charge in [0, 0.05) is 11.9 Å². The number of nitrogens with zero attached hydrogens (tertiary/aromatic N) is 1. The molecule has 2 aromatic rings. The van der Waals surface area contributed by atoms with E-state index in [1.807, 2.05) is 0 Å². The number of ether oxygens (including phenoxy) is 1. The molecule has 7 nitrogen and oxygen atoms in total. The van der Waals surface area contributed by atoms with Crippen molar-refractivity contribution in [2.45, 2.75) is 31.7 Å². The van der Waals surface area contributed by atoms with E-state index < -0.39 is 27.9 Å². The molecular formula is C20H24N2O5S2. The quantitative estimate of drug-likeness (QED) is 0.703. The molecule has 1 aromatic carbocycles. The van der Waals surface area contributed by atoms with Crippen molar-refractivity contribution in [1.29, 1.82) is 0 Å². The number of nitrogens with one attached hydrogen (secondary N) is 1. The van der Waals surface area contributed by atoms with Crippen LogP contribution in [0.4, 0.5) is 5.00 Å². The van der Waals surface area contributed by atoms with E-state index in [0.29, 0.717) is 16.1 Å². The molecule has 0 bridgehead atoms. The fourth-order valence-electron chi connectivity index (χ4n) is 3.51. The molecule has 0 fully saturated rings. The second-order valence-corrected chi connectivity index (χ2v) is 10.1. The van der Waals surface area contributed by atoms with Gasteiger partial charge < -0.3 is 10.1 Å². The Kier molecular flexibility index (Phi) is 6.40. The summed E-state index contributed by atoms with van der Waals surface area (Å²) in [5.41, 5.74) is 1.85. The van der Waals surface area contributed by atoms with Gasteiger partial charge in [0.25, 0.3) is 0 Å². The van der Waals surface area contributed by atoms with Gasteiger partial charge in [-0.25, -0.2) is 13.2 Å². The van der Waals surface area contributed by atoms with E-state index in [2.05, 4.69) is 5.32 Å². The van der Waals surface area contributed by atoms with E-state index in [1.54, 1.807) is 30.3 Å². The largest absolute Gasteiger partial charge is 0.465 e. The predicted octanol–water partition coefficient (Wildman–Crippen LogP) is 2.98. The van der Waals surface area contributed by atoms with Crippen molar-refractivity contribution >= 4 is 38.2 Å². The van der Waals surface area contributed by atoms with Gasteiger partial charge in [-0.15, -0.1) is 11.3 Å². The van der Waals surface area contributed by atoms with Gasteiger partial charge >= 0.3 is 5.97 Å². The van der Waals surface area contributed by atoms with E-state index in [4.69, 9.17) is 4.74 Å². The van der Waals surface area contributed by atoms with Gasteiger partial charge in [0.2, 0.25) is 15.9 Å². The molecule has 0 unspecified atom stereocenters. The normalized spacial score (nSPS) is 14.9. The lowest BCUT2D eigenvalue weighted by Crippen LogP contribution is -2.38.